The van der Waals surface area contributed by atoms with Crippen LogP contribution in [0.2, 0.25) is 0 Å². The van der Waals surface area contributed by atoms with E-state index in [0.717, 1.165) is 21.3 Å². The first-order valence-electron chi connectivity index (χ1n) is 5.70. The van der Waals surface area contributed by atoms with E-state index in [9.17, 15) is 0 Å². The molecule has 0 atom stereocenters. The molecule has 1 aromatic heterocycles. The summed E-state index contributed by atoms with van der Waals surface area (Å²) in [5.41, 5.74) is 3.18. The van der Waals surface area contributed by atoms with Gasteiger partial charge in [0.15, 0.2) is 0 Å². The van der Waals surface area contributed by atoms with Gasteiger partial charge in [-0.1, -0.05) is 52.3 Å². The summed E-state index contributed by atoms with van der Waals surface area (Å²) in [4.78, 5) is 7.78. The Kier molecular flexibility index (Phi) is 2.99. The van der Waals surface area contributed by atoms with Gasteiger partial charge in [0.25, 0.3) is 0 Å². The quantitative estimate of drug-likeness (QED) is 0.741. The molecular weight excluding hydrogens is 288 g/mol. The average molecular weight is 299 g/mol. The fourth-order valence-electron chi connectivity index (χ4n) is 1.82. The number of nitrogens with one attached hydrogen (secondary N) is 1. The summed E-state index contributed by atoms with van der Waals surface area (Å²) >= 11 is 3.45. The first kappa shape index (κ1) is 11.2. The molecule has 0 aliphatic rings. The number of benzene rings is 2. The number of halogens is 1. The maximum atomic E-state index is 4.51. The molecule has 0 aliphatic carbocycles. The third-order valence-electron chi connectivity index (χ3n) is 2.70. The van der Waals surface area contributed by atoms with Crippen LogP contribution < -0.4 is 0 Å². The van der Waals surface area contributed by atoms with Gasteiger partial charge in [-0.05, 0) is 29.8 Å². The lowest BCUT2D eigenvalue weighted by Crippen LogP contribution is -1.74. The predicted octanol–water partition coefficient (Wildman–Crippen LogP) is 4.50. The second-order valence-corrected chi connectivity index (χ2v) is 4.94. The van der Waals surface area contributed by atoms with Crippen LogP contribution in [-0.2, 0) is 0 Å². The van der Waals surface area contributed by atoms with Crippen LogP contribution in [0.1, 0.15) is 11.4 Å². The van der Waals surface area contributed by atoms with E-state index in [4.69, 9.17) is 0 Å². The van der Waals surface area contributed by atoms with Crippen LogP contribution in [0.3, 0.4) is 0 Å². The molecule has 0 saturated heterocycles. The molecule has 18 heavy (non-hydrogen) atoms. The van der Waals surface area contributed by atoms with Crippen LogP contribution in [0.15, 0.2) is 53.0 Å². The second-order valence-electron chi connectivity index (χ2n) is 4.03. The molecule has 88 valence electrons. The zero-order valence-corrected chi connectivity index (χ0v) is 11.2. The van der Waals surface area contributed by atoms with Crippen molar-refractivity contribution in [3.63, 3.8) is 0 Å². The summed E-state index contributed by atoms with van der Waals surface area (Å²) in [5.74, 6) is 0.868. The minimum Gasteiger partial charge on any atom is -0.338 e. The molecule has 3 rings (SSSR count). The molecule has 3 aromatic rings. The van der Waals surface area contributed by atoms with E-state index in [1.54, 1.807) is 0 Å². The van der Waals surface area contributed by atoms with Gasteiger partial charge < -0.3 is 4.98 Å². The van der Waals surface area contributed by atoms with E-state index in [1.807, 2.05) is 48.6 Å². The Balaban J connectivity index is 1.93. The van der Waals surface area contributed by atoms with Crippen molar-refractivity contribution in [1.29, 1.82) is 0 Å². The fraction of sp³-hybridized carbons (Fsp3) is 0. The van der Waals surface area contributed by atoms with Crippen molar-refractivity contribution in [1.82, 2.24) is 9.97 Å². The molecule has 2 aromatic carbocycles. The zero-order valence-electron chi connectivity index (χ0n) is 9.60. The zero-order chi connectivity index (χ0) is 12.4. The fourth-order valence-corrected chi connectivity index (χ4v) is 2.18. The third kappa shape index (κ3) is 2.36. The van der Waals surface area contributed by atoms with Crippen LogP contribution in [0, 0.1) is 0 Å². The monoisotopic (exact) mass is 298 g/mol. The third-order valence-corrected chi connectivity index (χ3v) is 3.19. The number of H-pyrrole nitrogens is 1. The highest BCUT2D eigenvalue weighted by molar-refractivity contribution is 9.10. The van der Waals surface area contributed by atoms with E-state index in [0.29, 0.717) is 0 Å². The summed E-state index contributed by atoms with van der Waals surface area (Å²) in [5, 5.41) is 0. The van der Waals surface area contributed by atoms with Crippen LogP contribution in [0.5, 0.6) is 0 Å². The van der Waals surface area contributed by atoms with E-state index in [-0.39, 0.29) is 0 Å². The summed E-state index contributed by atoms with van der Waals surface area (Å²) in [6.07, 6.45) is 4.04. The van der Waals surface area contributed by atoms with Gasteiger partial charge in [-0.3, -0.25) is 0 Å². The van der Waals surface area contributed by atoms with Crippen molar-refractivity contribution >= 4 is 39.1 Å². The lowest BCUT2D eigenvalue weighted by atomic mass is 10.2. The summed E-state index contributed by atoms with van der Waals surface area (Å²) in [6.45, 7) is 0. The molecule has 1 heterocycles. The number of hydrogen-bond acceptors (Lipinski definition) is 1. The number of fused-ring (bicyclic) bond motifs is 1. The number of aromatic nitrogens is 2. The Morgan fingerprint density at radius 3 is 2.67 bits per heavy atom. The molecule has 0 spiro atoms. The molecule has 1 N–H and O–H groups in total. The molecule has 0 amide bonds. The minimum atomic E-state index is 0.868. The van der Waals surface area contributed by atoms with E-state index >= 15 is 0 Å². The van der Waals surface area contributed by atoms with Crippen LogP contribution in [0.4, 0.5) is 0 Å². The molecule has 3 heteroatoms. The number of rotatable bonds is 2. The van der Waals surface area contributed by atoms with E-state index in [1.165, 1.54) is 5.56 Å². The van der Waals surface area contributed by atoms with Crippen molar-refractivity contribution in [2.45, 2.75) is 0 Å². The Hall–Kier alpha value is -1.87. The van der Waals surface area contributed by atoms with Gasteiger partial charge in [-0.2, -0.15) is 0 Å². The maximum absolute atomic E-state index is 4.51. The Bertz CT molecular complexity index is 699. The SMILES string of the molecule is Brc1ccc2nc(/C=C/c3ccccc3)[nH]c2c1. The van der Waals surface area contributed by atoms with Gasteiger partial charge >= 0.3 is 0 Å². The van der Waals surface area contributed by atoms with Crippen LogP contribution >= 0.6 is 15.9 Å². The van der Waals surface area contributed by atoms with Gasteiger partial charge in [-0.15, -0.1) is 0 Å². The standard InChI is InChI=1S/C15H11BrN2/c16-12-7-8-13-14(10-12)18-15(17-13)9-6-11-4-2-1-3-5-11/h1-10H,(H,17,18)/b9-6+. The Morgan fingerprint density at radius 2 is 1.83 bits per heavy atom. The van der Waals surface area contributed by atoms with E-state index < -0.39 is 0 Å². The Labute approximate surface area is 114 Å². The number of aromatic amines is 1. The minimum absolute atomic E-state index is 0.868. The normalized spacial score (nSPS) is 11.4. The predicted molar refractivity (Wildman–Crippen MR) is 79.2 cm³/mol. The molecule has 2 nitrogen and oxygen atoms in total. The summed E-state index contributed by atoms with van der Waals surface area (Å²) in [6, 6.07) is 16.2. The van der Waals surface area contributed by atoms with Crippen molar-refractivity contribution in [2.75, 3.05) is 0 Å². The molecular formula is C15H11BrN2. The lowest BCUT2D eigenvalue weighted by Gasteiger charge is -1.89. The number of nitrogens with zero attached hydrogens (tertiary/aromatic N) is 1. The summed E-state index contributed by atoms with van der Waals surface area (Å²) in [7, 11) is 0. The second kappa shape index (κ2) is 4.78. The molecule has 0 saturated carbocycles. The number of imidazole rings is 1. The highest BCUT2D eigenvalue weighted by Crippen LogP contribution is 2.18. The average Bonchev–Trinajstić information content (AvgIpc) is 2.79. The van der Waals surface area contributed by atoms with Gasteiger partial charge in [0.1, 0.15) is 5.82 Å². The smallest absolute Gasteiger partial charge is 0.131 e. The Morgan fingerprint density at radius 1 is 1.00 bits per heavy atom. The van der Waals surface area contributed by atoms with Gasteiger partial charge in [0.05, 0.1) is 11.0 Å². The van der Waals surface area contributed by atoms with Crippen LogP contribution in [0.25, 0.3) is 23.2 Å². The molecule has 0 fully saturated rings. The maximum Gasteiger partial charge on any atom is 0.131 e. The topological polar surface area (TPSA) is 28.7 Å². The van der Waals surface area contributed by atoms with Gasteiger partial charge in [0, 0.05) is 4.47 Å². The van der Waals surface area contributed by atoms with Crippen molar-refractivity contribution in [3.05, 3.63) is 64.4 Å². The molecule has 0 bridgehead atoms. The molecule has 0 unspecified atom stereocenters. The van der Waals surface area contributed by atoms with Gasteiger partial charge in [0.2, 0.25) is 0 Å². The first-order chi connectivity index (χ1) is 8.81. The van der Waals surface area contributed by atoms with Crippen molar-refractivity contribution < 1.29 is 0 Å². The summed E-state index contributed by atoms with van der Waals surface area (Å²) < 4.78 is 1.05. The van der Waals surface area contributed by atoms with Crippen LogP contribution in [-0.4, -0.2) is 9.97 Å². The van der Waals surface area contributed by atoms with Crippen molar-refractivity contribution in [2.24, 2.45) is 0 Å². The lowest BCUT2D eigenvalue weighted by molar-refractivity contribution is 1.29. The highest BCUT2D eigenvalue weighted by Gasteiger charge is 2.00. The highest BCUT2D eigenvalue weighted by atomic mass is 79.9. The van der Waals surface area contributed by atoms with Gasteiger partial charge in [-0.25, -0.2) is 4.98 Å². The van der Waals surface area contributed by atoms with E-state index in [2.05, 4.69) is 38.0 Å². The van der Waals surface area contributed by atoms with Crippen molar-refractivity contribution in [3.8, 4) is 0 Å². The molecule has 0 radical (unpaired) electrons. The largest absolute Gasteiger partial charge is 0.338 e. The first-order valence-corrected chi connectivity index (χ1v) is 6.49. The molecule has 0 aliphatic heterocycles. The number of hydrogen-bond donors (Lipinski definition) is 1.